The zero-order chi connectivity index (χ0) is 13.3. The van der Waals surface area contributed by atoms with E-state index >= 15 is 0 Å². The van der Waals surface area contributed by atoms with Gasteiger partial charge in [0.2, 0.25) is 0 Å². The first-order chi connectivity index (χ1) is 8.49. The fraction of sp³-hybridized carbons (Fsp3) is 0.182. The number of aliphatic carboxylic acids is 1. The number of hydrogen-bond donors (Lipinski definition) is 2. The van der Waals surface area contributed by atoms with Crippen LogP contribution in [0.15, 0.2) is 18.3 Å². The van der Waals surface area contributed by atoms with Crippen LogP contribution in [0.25, 0.3) is 5.52 Å². The van der Waals surface area contributed by atoms with Gasteiger partial charge in [-0.2, -0.15) is 0 Å². The number of aryl methyl sites for hydroxylation is 1. The van der Waals surface area contributed by atoms with Crippen LogP contribution in [0.5, 0.6) is 0 Å². The van der Waals surface area contributed by atoms with Crippen LogP contribution in [0, 0.1) is 0 Å². The monoisotopic (exact) mass is 268 g/mol. The number of carboxylic acids is 2. The van der Waals surface area contributed by atoms with Crippen LogP contribution in [0.4, 0.5) is 0 Å². The van der Waals surface area contributed by atoms with Crippen molar-refractivity contribution in [3.8, 4) is 0 Å². The number of rotatable bonds is 4. The molecule has 0 aliphatic rings. The number of carbonyl (C=O) groups is 2. The number of aromatic nitrogens is 2. The van der Waals surface area contributed by atoms with Gasteiger partial charge >= 0.3 is 11.9 Å². The summed E-state index contributed by atoms with van der Waals surface area (Å²) in [5.74, 6) is -1.58. The molecular formula is C11H9ClN2O4. The highest BCUT2D eigenvalue weighted by Gasteiger charge is 2.13. The number of pyridine rings is 1. The molecule has 2 N–H and O–H groups in total. The molecule has 2 rings (SSSR count). The molecule has 2 aromatic rings. The Morgan fingerprint density at radius 2 is 2.06 bits per heavy atom. The predicted octanol–water partition coefficient (Wildman–Crippen LogP) is 1.70. The van der Waals surface area contributed by atoms with E-state index in [1.54, 1.807) is 6.07 Å². The third kappa shape index (κ3) is 2.28. The lowest BCUT2D eigenvalue weighted by Gasteiger charge is -2.01. The summed E-state index contributed by atoms with van der Waals surface area (Å²) in [5, 5.41) is 17.8. The highest BCUT2D eigenvalue weighted by atomic mass is 35.5. The van der Waals surface area contributed by atoms with Crippen molar-refractivity contribution in [3.63, 3.8) is 0 Å². The molecule has 7 heteroatoms. The molecule has 0 aromatic carbocycles. The molecule has 94 valence electrons. The minimum absolute atomic E-state index is 0.0905. The minimum Gasteiger partial charge on any atom is -0.481 e. The number of imidazole rings is 1. The number of fused-ring (bicyclic) bond motifs is 1. The molecule has 0 radical (unpaired) electrons. The second kappa shape index (κ2) is 4.66. The van der Waals surface area contributed by atoms with Gasteiger partial charge in [0.25, 0.3) is 0 Å². The topological polar surface area (TPSA) is 91.9 Å². The van der Waals surface area contributed by atoms with Crippen molar-refractivity contribution in [1.82, 2.24) is 9.38 Å². The fourth-order valence-corrected chi connectivity index (χ4v) is 1.88. The highest BCUT2D eigenvalue weighted by Crippen LogP contribution is 2.20. The van der Waals surface area contributed by atoms with E-state index in [0.717, 1.165) is 0 Å². The summed E-state index contributed by atoms with van der Waals surface area (Å²) in [5.41, 5.74) is 0.648. The molecule has 18 heavy (non-hydrogen) atoms. The van der Waals surface area contributed by atoms with Gasteiger partial charge in [-0.15, -0.1) is 0 Å². The second-order valence-corrected chi connectivity index (χ2v) is 4.05. The average Bonchev–Trinajstić information content (AvgIpc) is 2.63. The van der Waals surface area contributed by atoms with Crippen LogP contribution in [0.2, 0.25) is 5.15 Å². The third-order valence-electron chi connectivity index (χ3n) is 2.47. The summed E-state index contributed by atoms with van der Waals surface area (Å²) in [6, 6.07) is 2.97. The molecule has 0 atom stereocenters. The lowest BCUT2D eigenvalue weighted by atomic mass is 10.2. The van der Waals surface area contributed by atoms with Gasteiger partial charge in [0.15, 0.2) is 5.15 Å². The first kappa shape index (κ1) is 12.4. The Balaban J connectivity index is 2.49. The molecule has 2 heterocycles. The van der Waals surface area contributed by atoms with E-state index in [9.17, 15) is 9.59 Å². The second-order valence-electron chi connectivity index (χ2n) is 3.69. The van der Waals surface area contributed by atoms with E-state index in [2.05, 4.69) is 4.98 Å². The van der Waals surface area contributed by atoms with E-state index in [0.29, 0.717) is 11.3 Å². The van der Waals surface area contributed by atoms with E-state index < -0.39 is 11.9 Å². The smallest absolute Gasteiger partial charge is 0.337 e. The minimum atomic E-state index is -1.06. The Labute approximate surface area is 106 Å². The standard InChI is InChI=1S/C11H9ClN2O4/c12-10-7-2-1-6(11(17)18)5-14(7)8(13-10)3-4-9(15)16/h1-2,5H,3-4H2,(H,15,16)(H,17,18). The molecule has 0 amide bonds. The van der Waals surface area contributed by atoms with Crippen molar-refractivity contribution < 1.29 is 19.8 Å². The van der Waals surface area contributed by atoms with Crippen molar-refractivity contribution in [3.05, 3.63) is 34.9 Å². The molecule has 0 fully saturated rings. The molecule has 0 aliphatic heterocycles. The summed E-state index contributed by atoms with van der Waals surface area (Å²) in [6.45, 7) is 0. The maximum atomic E-state index is 10.9. The van der Waals surface area contributed by atoms with Gasteiger partial charge in [-0.05, 0) is 12.1 Å². The van der Waals surface area contributed by atoms with Gasteiger partial charge in [0, 0.05) is 12.6 Å². The molecule has 0 saturated carbocycles. The van der Waals surface area contributed by atoms with Crippen LogP contribution in [0.3, 0.4) is 0 Å². The summed E-state index contributed by atoms with van der Waals surface area (Å²) in [6.07, 6.45) is 1.48. The lowest BCUT2D eigenvalue weighted by Crippen LogP contribution is -2.03. The van der Waals surface area contributed by atoms with Crippen LogP contribution in [-0.4, -0.2) is 31.5 Å². The van der Waals surface area contributed by atoms with Gasteiger partial charge in [-0.3, -0.25) is 4.79 Å². The molecule has 0 aliphatic carbocycles. The molecule has 2 aromatic heterocycles. The Morgan fingerprint density at radius 1 is 1.33 bits per heavy atom. The Kier molecular flexibility index (Phi) is 3.20. The first-order valence-electron chi connectivity index (χ1n) is 5.10. The van der Waals surface area contributed by atoms with E-state index in [4.69, 9.17) is 21.8 Å². The fourth-order valence-electron chi connectivity index (χ4n) is 1.63. The molecular weight excluding hydrogens is 260 g/mol. The van der Waals surface area contributed by atoms with Crippen molar-refractivity contribution in [2.75, 3.05) is 0 Å². The van der Waals surface area contributed by atoms with Crippen molar-refractivity contribution >= 4 is 29.1 Å². The number of aromatic carboxylic acids is 1. The lowest BCUT2D eigenvalue weighted by molar-refractivity contribution is -0.137. The molecule has 6 nitrogen and oxygen atoms in total. The number of halogens is 1. The zero-order valence-electron chi connectivity index (χ0n) is 9.13. The van der Waals surface area contributed by atoms with Gasteiger partial charge < -0.3 is 14.6 Å². The summed E-state index contributed by atoms with van der Waals surface area (Å²) < 4.78 is 1.51. The van der Waals surface area contributed by atoms with Crippen molar-refractivity contribution in [1.29, 1.82) is 0 Å². The maximum Gasteiger partial charge on any atom is 0.337 e. The largest absolute Gasteiger partial charge is 0.481 e. The predicted molar refractivity (Wildman–Crippen MR) is 63.1 cm³/mol. The maximum absolute atomic E-state index is 10.9. The molecule has 0 spiro atoms. The SMILES string of the molecule is O=C(O)CCc1nc(Cl)c2ccc(C(=O)O)cn12. The number of hydrogen-bond acceptors (Lipinski definition) is 3. The quantitative estimate of drug-likeness (QED) is 0.880. The molecule has 0 bridgehead atoms. The first-order valence-corrected chi connectivity index (χ1v) is 5.48. The Bertz CT molecular complexity index is 635. The van der Waals surface area contributed by atoms with Crippen LogP contribution in [-0.2, 0) is 11.2 Å². The van der Waals surface area contributed by atoms with Gasteiger partial charge in [0.05, 0.1) is 17.5 Å². The van der Waals surface area contributed by atoms with Gasteiger partial charge in [0.1, 0.15) is 5.82 Å². The van der Waals surface area contributed by atoms with Crippen LogP contribution < -0.4 is 0 Å². The van der Waals surface area contributed by atoms with E-state index in [1.807, 2.05) is 0 Å². The number of carboxylic acid groups (broad SMARTS) is 2. The zero-order valence-corrected chi connectivity index (χ0v) is 9.89. The molecule has 0 unspecified atom stereocenters. The average molecular weight is 269 g/mol. The normalized spacial score (nSPS) is 10.7. The molecule has 0 saturated heterocycles. The van der Waals surface area contributed by atoms with E-state index in [-0.39, 0.29) is 23.6 Å². The number of nitrogens with zero attached hydrogens (tertiary/aromatic N) is 2. The van der Waals surface area contributed by atoms with Crippen molar-refractivity contribution in [2.45, 2.75) is 12.8 Å². The third-order valence-corrected chi connectivity index (χ3v) is 2.75. The van der Waals surface area contributed by atoms with Crippen molar-refractivity contribution in [2.24, 2.45) is 0 Å². The Hall–Kier alpha value is -2.08. The van der Waals surface area contributed by atoms with Gasteiger partial charge in [-0.1, -0.05) is 11.6 Å². The van der Waals surface area contributed by atoms with Crippen LogP contribution in [0.1, 0.15) is 22.6 Å². The Morgan fingerprint density at radius 3 is 2.67 bits per heavy atom. The summed E-state index contributed by atoms with van der Waals surface area (Å²) in [4.78, 5) is 25.4. The summed E-state index contributed by atoms with van der Waals surface area (Å²) in [7, 11) is 0. The van der Waals surface area contributed by atoms with Crippen LogP contribution >= 0.6 is 11.6 Å². The van der Waals surface area contributed by atoms with Gasteiger partial charge in [-0.25, -0.2) is 9.78 Å². The van der Waals surface area contributed by atoms with E-state index in [1.165, 1.54) is 16.7 Å². The highest BCUT2D eigenvalue weighted by molar-refractivity contribution is 6.32. The summed E-state index contributed by atoms with van der Waals surface area (Å²) >= 11 is 5.90.